The van der Waals surface area contributed by atoms with E-state index in [0.29, 0.717) is 31.7 Å². The van der Waals surface area contributed by atoms with Crippen molar-refractivity contribution < 1.29 is 13.9 Å². The van der Waals surface area contributed by atoms with Crippen molar-refractivity contribution in [1.29, 1.82) is 0 Å². The van der Waals surface area contributed by atoms with Gasteiger partial charge in [-0.1, -0.05) is 18.2 Å². The Bertz CT molecular complexity index is 445. The van der Waals surface area contributed by atoms with Crippen LogP contribution in [0.25, 0.3) is 0 Å². The van der Waals surface area contributed by atoms with E-state index in [1.807, 2.05) is 6.92 Å². The van der Waals surface area contributed by atoms with Crippen LogP contribution in [0.2, 0.25) is 0 Å². The lowest BCUT2D eigenvalue weighted by molar-refractivity contribution is -0.128. The van der Waals surface area contributed by atoms with E-state index in [4.69, 9.17) is 4.74 Å². The Morgan fingerprint density at radius 2 is 2.25 bits per heavy atom. The summed E-state index contributed by atoms with van der Waals surface area (Å²) in [5.41, 5.74) is 0.615. The summed E-state index contributed by atoms with van der Waals surface area (Å²) in [5.74, 6) is -0.326. The maximum absolute atomic E-state index is 13.4. The monoisotopic (exact) mass is 302 g/mol. The fourth-order valence-corrected chi connectivity index (χ4v) is 2.16. The predicted octanol–water partition coefficient (Wildman–Crippen LogP) is 1.28. The first-order chi connectivity index (χ1) is 9.18. The summed E-state index contributed by atoms with van der Waals surface area (Å²) in [4.78, 5) is 11.9. The highest BCUT2D eigenvalue weighted by atomic mass is 35.5. The number of nitrogens with one attached hydrogen (secondary N) is 2. The Hall–Kier alpha value is -1.17. The molecule has 0 bridgehead atoms. The topological polar surface area (TPSA) is 50.4 Å². The maximum atomic E-state index is 13.4. The molecule has 20 heavy (non-hydrogen) atoms. The van der Waals surface area contributed by atoms with Crippen molar-refractivity contribution in [3.05, 3.63) is 35.6 Å². The Labute approximate surface area is 124 Å². The summed E-state index contributed by atoms with van der Waals surface area (Å²) in [6.07, 6.45) is 0.350. The van der Waals surface area contributed by atoms with E-state index in [1.165, 1.54) is 6.07 Å². The first-order valence-corrected chi connectivity index (χ1v) is 6.54. The molecule has 1 aromatic rings. The average molecular weight is 303 g/mol. The Balaban J connectivity index is 0.00000200. The molecule has 6 heteroatoms. The molecule has 0 aliphatic carbocycles. The standard InChI is InChI=1S/C14H19FN2O2.ClH/c1-10-13(16-8-9-19-10)14(18)17-7-6-11-4-2-3-5-12(11)15;/h2-5,10,13,16H,6-9H2,1H3,(H,17,18);1H/t10-,13+;/m1./s1. The van der Waals surface area contributed by atoms with Crippen molar-refractivity contribution >= 4 is 18.3 Å². The second kappa shape index (κ2) is 8.19. The summed E-state index contributed by atoms with van der Waals surface area (Å²) in [7, 11) is 0. The highest BCUT2D eigenvalue weighted by Gasteiger charge is 2.27. The van der Waals surface area contributed by atoms with Crippen LogP contribution in [0.3, 0.4) is 0 Å². The van der Waals surface area contributed by atoms with Crippen molar-refractivity contribution in [3.63, 3.8) is 0 Å². The lowest BCUT2D eigenvalue weighted by atomic mass is 10.1. The number of hydrogen-bond donors (Lipinski definition) is 2. The molecule has 4 nitrogen and oxygen atoms in total. The van der Waals surface area contributed by atoms with Gasteiger partial charge in [-0.2, -0.15) is 0 Å². The second-order valence-electron chi connectivity index (χ2n) is 4.64. The molecule has 0 unspecified atom stereocenters. The van der Waals surface area contributed by atoms with E-state index >= 15 is 0 Å². The molecule has 112 valence electrons. The second-order valence-corrected chi connectivity index (χ2v) is 4.64. The fraction of sp³-hybridized carbons (Fsp3) is 0.500. The van der Waals surface area contributed by atoms with Crippen molar-refractivity contribution in [1.82, 2.24) is 10.6 Å². The minimum absolute atomic E-state index is 0. The first kappa shape index (κ1) is 16.9. The van der Waals surface area contributed by atoms with Gasteiger partial charge in [-0.3, -0.25) is 4.79 Å². The predicted molar refractivity (Wildman–Crippen MR) is 77.6 cm³/mol. The van der Waals surface area contributed by atoms with Crippen molar-refractivity contribution in [2.24, 2.45) is 0 Å². The maximum Gasteiger partial charge on any atom is 0.239 e. The quantitative estimate of drug-likeness (QED) is 0.881. The summed E-state index contributed by atoms with van der Waals surface area (Å²) < 4.78 is 18.8. The molecule has 2 atom stereocenters. The van der Waals surface area contributed by atoms with Crippen LogP contribution in [0.5, 0.6) is 0 Å². The van der Waals surface area contributed by atoms with Crippen LogP contribution in [-0.2, 0) is 16.0 Å². The molecule has 1 heterocycles. The third kappa shape index (κ3) is 4.44. The van der Waals surface area contributed by atoms with E-state index in [2.05, 4.69) is 10.6 Å². The highest BCUT2D eigenvalue weighted by Crippen LogP contribution is 2.07. The zero-order valence-corrected chi connectivity index (χ0v) is 12.2. The van der Waals surface area contributed by atoms with Crippen LogP contribution >= 0.6 is 12.4 Å². The third-order valence-electron chi connectivity index (χ3n) is 3.25. The number of amides is 1. The largest absolute Gasteiger partial charge is 0.375 e. The number of benzene rings is 1. The van der Waals surface area contributed by atoms with Crippen LogP contribution < -0.4 is 10.6 Å². The van der Waals surface area contributed by atoms with Crippen LogP contribution in [-0.4, -0.2) is 37.7 Å². The molecule has 1 aliphatic rings. The first-order valence-electron chi connectivity index (χ1n) is 6.54. The lowest BCUT2D eigenvalue weighted by Gasteiger charge is -2.29. The number of carbonyl (C=O) groups excluding carboxylic acids is 1. The molecule has 0 aromatic heterocycles. The number of carbonyl (C=O) groups is 1. The summed E-state index contributed by atoms with van der Waals surface area (Å²) in [6.45, 7) is 3.59. The van der Waals surface area contributed by atoms with Crippen molar-refractivity contribution in [2.75, 3.05) is 19.7 Å². The molecule has 0 saturated carbocycles. The van der Waals surface area contributed by atoms with Crippen LogP contribution in [0.1, 0.15) is 12.5 Å². The van der Waals surface area contributed by atoms with Gasteiger partial charge in [0.2, 0.25) is 5.91 Å². The number of hydrogen-bond acceptors (Lipinski definition) is 3. The molecular weight excluding hydrogens is 283 g/mol. The zero-order valence-electron chi connectivity index (χ0n) is 11.4. The van der Waals surface area contributed by atoms with E-state index in [-0.39, 0.29) is 36.3 Å². The Morgan fingerprint density at radius 1 is 1.50 bits per heavy atom. The van der Waals surface area contributed by atoms with Crippen molar-refractivity contribution in [3.8, 4) is 0 Å². The molecule has 1 aliphatic heterocycles. The summed E-state index contributed by atoms with van der Waals surface area (Å²) in [5, 5.41) is 5.93. The van der Waals surface area contributed by atoms with Gasteiger partial charge in [-0.15, -0.1) is 12.4 Å². The molecule has 1 aromatic carbocycles. The van der Waals surface area contributed by atoms with Crippen LogP contribution in [0, 0.1) is 5.82 Å². The van der Waals surface area contributed by atoms with E-state index in [9.17, 15) is 9.18 Å². The Morgan fingerprint density at radius 3 is 2.95 bits per heavy atom. The van der Waals surface area contributed by atoms with Gasteiger partial charge >= 0.3 is 0 Å². The van der Waals surface area contributed by atoms with Crippen molar-refractivity contribution in [2.45, 2.75) is 25.5 Å². The number of rotatable bonds is 4. The zero-order chi connectivity index (χ0) is 13.7. The molecule has 0 spiro atoms. The SMILES string of the molecule is C[C@H]1OCCN[C@@H]1C(=O)NCCc1ccccc1F.Cl. The average Bonchev–Trinajstić information content (AvgIpc) is 2.41. The normalized spacial score (nSPS) is 21.9. The van der Waals surface area contributed by atoms with Gasteiger partial charge in [0.05, 0.1) is 12.7 Å². The fourth-order valence-electron chi connectivity index (χ4n) is 2.16. The smallest absolute Gasteiger partial charge is 0.239 e. The van der Waals surface area contributed by atoms with Gasteiger partial charge in [-0.25, -0.2) is 4.39 Å². The van der Waals surface area contributed by atoms with Crippen LogP contribution in [0.15, 0.2) is 24.3 Å². The lowest BCUT2D eigenvalue weighted by Crippen LogP contribution is -2.55. The van der Waals surface area contributed by atoms with Gasteiger partial charge in [0, 0.05) is 13.1 Å². The van der Waals surface area contributed by atoms with Gasteiger partial charge in [0.25, 0.3) is 0 Å². The molecule has 0 radical (unpaired) electrons. The van der Waals surface area contributed by atoms with Gasteiger partial charge in [-0.05, 0) is 25.0 Å². The number of halogens is 2. The number of ether oxygens (including phenoxy) is 1. The molecule has 2 N–H and O–H groups in total. The molecule has 1 amide bonds. The minimum Gasteiger partial charge on any atom is -0.375 e. The third-order valence-corrected chi connectivity index (χ3v) is 3.25. The van der Waals surface area contributed by atoms with E-state index in [1.54, 1.807) is 18.2 Å². The number of morpholine rings is 1. The summed E-state index contributed by atoms with van der Waals surface area (Å²) >= 11 is 0. The molecular formula is C14H20ClFN2O2. The molecule has 1 saturated heterocycles. The van der Waals surface area contributed by atoms with E-state index < -0.39 is 0 Å². The van der Waals surface area contributed by atoms with Gasteiger partial charge in [0.1, 0.15) is 11.9 Å². The van der Waals surface area contributed by atoms with E-state index in [0.717, 1.165) is 0 Å². The molecule has 2 rings (SSSR count). The Kier molecular flexibility index (Phi) is 6.91. The van der Waals surface area contributed by atoms with Gasteiger partial charge in [0.15, 0.2) is 0 Å². The highest BCUT2D eigenvalue weighted by molar-refractivity contribution is 5.85. The van der Waals surface area contributed by atoms with Gasteiger partial charge < -0.3 is 15.4 Å². The summed E-state index contributed by atoms with van der Waals surface area (Å²) in [6, 6.07) is 6.28. The molecule has 1 fully saturated rings. The van der Waals surface area contributed by atoms with Crippen LogP contribution in [0.4, 0.5) is 4.39 Å². The minimum atomic E-state index is -0.325.